The Balaban J connectivity index is 1.75. The Kier molecular flexibility index (Phi) is 4.51. The molecule has 0 fully saturated rings. The second kappa shape index (κ2) is 6.73. The zero-order chi connectivity index (χ0) is 16.2. The summed E-state index contributed by atoms with van der Waals surface area (Å²) < 4.78 is 5.44. The van der Waals surface area contributed by atoms with Gasteiger partial charge in [-0.25, -0.2) is 0 Å². The van der Waals surface area contributed by atoms with Crippen molar-refractivity contribution < 1.29 is 9.53 Å². The van der Waals surface area contributed by atoms with E-state index >= 15 is 0 Å². The summed E-state index contributed by atoms with van der Waals surface area (Å²) in [7, 11) is 2.06. The van der Waals surface area contributed by atoms with Crippen LogP contribution in [-0.4, -0.2) is 32.7 Å². The number of anilines is 2. The molecule has 1 heterocycles. The average molecular weight is 310 g/mol. The van der Waals surface area contributed by atoms with Crippen molar-refractivity contribution in [1.29, 1.82) is 0 Å². The van der Waals surface area contributed by atoms with Crippen LogP contribution in [0, 0.1) is 0 Å². The Morgan fingerprint density at radius 1 is 1.04 bits per heavy atom. The van der Waals surface area contributed by atoms with Gasteiger partial charge < -0.3 is 14.5 Å². The predicted octanol–water partition coefficient (Wildman–Crippen LogP) is 3.11. The van der Waals surface area contributed by atoms with Crippen LogP contribution in [0.15, 0.2) is 48.5 Å². The molecule has 1 aliphatic heterocycles. The van der Waals surface area contributed by atoms with E-state index in [1.54, 1.807) is 0 Å². The minimum Gasteiger partial charge on any atom is -0.494 e. The third-order valence-corrected chi connectivity index (χ3v) is 4.13. The van der Waals surface area contributed by atoms with Crippen molar-refractivity contribution in [3.8, 4) is 5.75 Å². The molecule has 0 aromatic heterocycles. The molecule has 0 atom stereocenters. The summed E-state index contributed by atoms with van der Waals surface area (Å²) in [5, 5.41) is 0. The van der Waals surface area contributed by atoms with Crippen LogP contribution in [0.25, 0.3) is 0 Å². The minimum absolute atomic E-state index is 0.134. The third kappa shape index (κ3) is 3.31. The van der Waals surface area contributed by atoms with Gasteiger partial charge in [0, 0.05) is 20.1 Å². The van der Waals surface area contributed by atoms with Crippen LogP contribution in [0.3, 0.4) is 0 Å². The number of ether oxygens (including phenoxy) is 1. The monoisotopic (exact) mass is 310 g/mol. The molecule has 23 heavy (non-hydrogen) atoms. The lowest BCUT2D eigenvalue weighted by Crippen LogP contribution is -2.43. The van der Waals surface area contributed by atoms with Crippen LogP contribution in [0.5, 0.6) is 5.75 Å². The summed E-state index contributed by atoms with van der Waals surface area (Å²) in [5.41, 5.74) is 3.12. The second-order valence-corrected chi connectivity index (χ2v) is 5.71. The molecule has 2 aromatic rings. The average Bonchev–Trinajstić information content (AvgIpc) is 2.57. The van der Waals surface area contributed by atoms with Gasteiger partial charge in [-0.2, -0.15) is 0 Å². The van der Waals surface area contributed by atoms with Crippen molar-refractivity contribution >= 4 is 17.3 Å². The second-order valence-electron chi connectivity index (χ2n) is 5.71. The lowest BCUT2D eigenvalue weighted by atomic mass is 10.1. The summed E-state index contributed by atoms with van der Waals surface area (Å²) in [6, 6.07) is 15.8. The lowest BCUT2D eigenvalue weighted by molar-refractivity contribution is -0.118. The van der Waals surface area contributed by atoms with Gasteiger partial charge in [0.1, 0.15) is 5.75 Å². The van der Waals surface area contributed by atoms with Crippen molar-refractivity contribution in [2.24, 2.45) is 0 Å². The van der Waals surface area contributed by atoms with Crippen molar-refractivity contribution in [3.63, 3.8) is 0 Å². The van der Waals surface area contributed by atoms with Crippen molar-refractivity contribution in [3.05, 3.63) is 54.1 Å². The molecule has 0 spiro atoms. The first-order valence-electron chi connectivity index (χ1n) is 8.01. The molecular formula is C19H22N2O2. The van der Waals surface area contributed by atoms with E-state index in [2.05, 4.69) is 18.0 Å². The molecule has 2 aromatic carbocycles. The maximum absolute atomic E-state index is 12.7. The molecule has 0 saturated heterocycles. The van der Waals surface area contributed by atoms with Crippen molar-refractivity contribution in [2.75, 3.05) is 36.5 Å². The van der Waals surface area contributed by atoms with Crippen LogP contribution in [-0.2, 0) is 11.2 Å². The van der Waals surface area contributed by atoms with E-state index in [1.165, 1.54) is 0 Å². The summed E-state index contributed by atoms with van der Waals surface area (Å²) in [5.74, 6) is 0.975. The number of amides is 1. The number of nitrogens with zero attached hydrogens (tertiary/aromatic N) is 2. The van der Waals surface area contributed by atoms with E-state index in [4.69, 9.17) is 4.74 Å². The molecule has 1 amide bonds. The van der Waals surface area contributed by atoms with Gasteiger partial charge in [0.25, 0.3) is 0 Å². The topological polar surface area (TPSA) is 32.8 Å². The fraction of sp³-hybridized carbons (Fsp3) is 0.316. The van der Waals surface area contributed by atoms with Gasteiger partial charge in [-0.05, 0) is 36.8 Å². The Bertz CT molecular complexity index is 682. The summed E-state index contributed by atoms with van der Waals surface area (Å²) in [4.78, 5) is 16.8. The van der Waals surface area contributed by atoms with Gasteiger partial charge in [0.2, 0.25) is 5.91 Å². The van der Waals surface area contributed by atoms with E-state index in [1.807, 2.05) is 54.3 Å². The zero-order valence-electron chi connectivity index (χ0n) is 13.7. The fourth-order valence-corrected chi connectivity index (χ4v) is 2.91. The highest BCUT2D eigenvalue weighted by molar-refractivity contribution is 5.98. The lowest BCUT2D eigenvalue weighted by Gasteiger charge is -2.35. The van der Waals surface area contributed by atoms with Crippen LogP contribution < -0.4 is 14.5 Å². The van der Waals surface area contributed by atoms with E-state index < -0.39 is 0 Å². The molecule has 1 aliphatic rings. The van der Waals surface area contributed by atoms with E-state index in [9.17, 15) is 4.79 Å². The standard InChI is InChI=1S/C19H22N2O2/c1-3-23-16-10-8-15(9-11-16)14-19(22)21-13-12-20(2)17-6-4-5-7-18(17)21/h4-11H,3,12-14H2,1-2H3. The molecule has 4 heteroatoms. The summed E-state index contributed by atoms with van der Waals surface area (Å²) >= 11 is 0. The molecule has 3 rings (SSSR count). The van der Waals surface area contributed by atoms with Gasteiger partial charge in [-0.1, -0.05) is 24.3 Å². The first kappa shape index (κ1) is 15.4. The third-order valence-electron chi connectivity index (χ3n) is 4.13. The maximum atomic E-state index is 12.7. The quantitative estimate of drug-likeness (QED) is 0.870. The molecular weight excluding hydrogens is 288 g/mol. The predicted molar refractivity (Wildman–Crippen MR) is 93.4 cm³/mol. The normalized spacial score (nSPS) is 13.7. The molecule has 0 saturated carbocycles. The van der Waals surface area contributed by atoms with E-state index in [-0.39, 0.29) is 5.91 Å². The number of benzene rings is 2. The van der Waals surface area contributed by atoms with Crippen LogP contribution in [0.1, 0.15) is 12.5 Å². The Hall–Kier alpha value is -2.49. The van der Waals surface area contributed by atoms with E-state index in [0.29, 0.717) is 13.0 Å². The number of fused-ring (bicyclic) bond motifs is 1. The van der Waals surface area contributed by atoms with Crippen molar-refractivity contribution in [1.82, 2.24) is 0 Å². The first-order chi connectivity index (χ1) is 11.2. The number of likely N-dealkylation sites (N-methyl/N-ethyl adjacent to an activating group) is 1. The minimum atomic E-state index is 0.134. The smallest absolute Gasteiger partial charge is 0.231 e. The molecule has 4 nitrogen and oxygen atoms in total. The van der Waals surface area contributed by atoms with Gasteiger partial charge >= 0.3 is 0 Å². The number of hydrogen-bond donors (Lipinski definition) is 0. The Morgan fingerprint density at radius 3 is 2.43 bits per heavy atom. The molecule has 0 radical (unpaired) electrons. The van der Waals surface area contributed by atoms with E-state index in [0.717, 1.165) is 35.8 Å². The first-order valence-corrected chi connectivity index (χ1v) is 8.01. The Morgan fingerprint density at radius 2 is 1.74 bits per heavy atom. The van der Waals surface area contributed by atoms with Crippen LogP contribution in [0.4, 0.5) is 11.4 Å². The van der Waals surface area contributed by atoms with Crippen LogP contribution in [0.2, 0.25) is 0 Å². The highest BCUT2D eigenvalue weighted by Crippen LogP contribution is 2.32. The SMILES string of the molecule is CCOc1ccc(CC(=O)N2CCN(C)c3ccccc32)cc1. The molecule has 0 unspecified atom stereocenters. The number of hydrogen-bond acceptors (Lipinski definition) is 3. The number of rotatable bonds is 4. The number of carbonyl (C=O) groups excluding carboxylic acids is 1. The summed E-state index contributed by atoms with van der Waals surface area (Å²) in [6.07, 6.45) is 0.407. The maximum Gasteiger partial charge on any atom is 0.231 e. The fourth-order valence-electron chi connectivity index (χ4n) is 2.91. The van der Waals surface area contributed by atoms with Gasteiger partial charge in [-0.3, -0.25) is 4.79 Å². The summed E-state index contributed by atoms with van der Waals surface area (Å²) in [6.45, 7) is 4.19. The van der Waals surface area contributed by atoms with Gasteiger partial charge in [-0.15, -0.1) is 0 Å². The largest absolute Gasteiger partial charge is 0.494 e. The number of para-hydroxylation sites is 2. The van der Waals surface area contributed by atoms with Gasteiger partial charge in [0.15, 0.2) is 0 Å². The molecule has 0 aliphatic carbocycles. The number of carbonyl (C=O) groups is 1. The molecule has 0 bridgehead atoms. The van der Waals surface area contributed by atoms with Crippen LogP contribution >= 0.6 is 0 Å². The molecule has 120 valence electrons. The zero-order valence-corrected chi connectivity index (χ0v) is 13.7. The Labute approximate surface area is 137 Å². The highest BCUT2D eigenvalue weighted by Gasteiger charge is 2.24. The van der Waals surface area contributed by atoms with Gasteiger partial charge in [0.05, 0.1) is 24.4 Å². The van der Waals surface area contributed by atoms with Crippen molar-refractivity contribution in [2.45, 2.75) is 13.3 Å². The highest BCUT2D eigenvalue weighted by atomic mass is 16.5. The molecule has 0 N–H and O–H groups in total.